The van der Waals surface area contributed by atoms with Crippen molar-refractivity contribution in [2.24, 2.45) is 5.10 Å². The number of nitro groups is 1. The second kappa shape index (κ2) is 6.96. The lowest BCUT2D eigenvalue weighted by atomic mass is 10.0. The number of non-ortho nitro benzene ring substituents is 1. The highest BCUT2D eigenvalue weighted by Gasteiger charge is 2.32. The van der Waals surface area contributed by atoms with Gasteiger partial charge in [-0.3, -0.25) is 14.9 Å². The minimum Gasteiger partial charge on any atom is -0.462 e. The first-order valence-corrected chi connectivity index (χ1v) is 8.54. The molecule has 0 spiro atoms. The number of rotatable bonds is 4. The summed E-state index contributed by atoms with van der Waals surface area (Å²) in [5.74, 6) is 0.958. The summed E-state index contributed by atoms with van der Waals surface area (Å²) in [6, 6.07) is 18.6. The summed E-state index contributed by atoms with van der Waals surface area (Å²) in [4.78, 5) is 23.5. The van der Waals surface area contributed by atoms with E-state index < -0.39 is 4.92 Å². The van der Waals surface area contributed by atoms with E-state index in [4.69, 9.17) is 4.42 Å². The van der Waals surface area contributed by atoms with Gasteiger partial charge in [0.15, 0.2) is 0 Å². The Labute approximate surface area is 160 Å². The van der Waals surface area contributed by atoms with Crippen LogP contribution in [0.15, 0.2) is 81.8 Å². The van der Waals surface area contributed by atoms with Crippen LogP contribution >= 0.6 is 0 Å². The molecular formula is C21H15N3O4. The first-order valence-electron chi connectivity index (χ1n) is 8.54. The van der Waals surface area contributed by atoms with Crippen molar-refractivity contribution < 1.29 is 14.1 Å². The fourth-order valence-electron chi connectivity index (χ4n) is 2.92. The molecule has 0 atom stereocenters. The summed E-state index contributed by atoms with van der Waals surface area (Å²) in [6.45, 7) is 1.83. The van der Waals surface area contributed by atoms with E-state index in [-0.39, 0.29) is 11.6 Å². The van der Waals surface area contributed by atoms with E-state index in [0.717, 1.165) is 11.3 Å². The molecule has 1 aliphatic rings. The van der Waals surface area contributed by atoms with Gasteiger partial charge in [0, 0.05) is 17.7 Å². The highest BCUT2D eigenvalue weighted by atomic mass is 16.6. The van der Waals surface area contributed by atoms with Gasteiger partial charge in [0.05, 0.1) is 16.2 Å². The molecule has 4 rings (SSSR count). The Morgan fingerprint density at radius 2 is 1.75 bits per heavy atom. The average molecular weight is 373 g/mol. The van der Waals surface area contributed by atoms with Crippen LogP contribution in [0.25, 0.3) is 6.08 Å². The van der Waals surface area contributed by atoms with Crippen LogP contribution in [0, 0.1) is 17.0 Å². The van der Waals surface area contributed by atoms with Gasteiger partial charge >= 0.3 is 0 Å². The van der Waals surface area contributed by atoms with Gasteiger partial charge in [-0.25, -0.2) is 0 Å². The average Bonchev–Trinajstić information content (AvgIpc) is 3.26. The molecule has 7 heteroatoms. The predicted octanol–water partition coefficient (Wildman–Crippen LogP) is 4.33. The molecule has 0 radical (unpaired) electrons. The minimum atomic E-state index is -0.487. The molecule has 0 saturated heterocycles. The number of furan rings is 1. The Kier molecular flexibility index (Phi) is 4.33. The van der Waals surface area contributed by atoms with E-state index in [9.17, 15) is 14.9 Å². The van der Waals surface area contributed by atoms with Crippen LogP contribution in [-0.4, -0.2) is 16.5 Å². The zero-order chi connectivity index (χ0) is 19.7. The van der Waals surface area contributed by atoms with E-state index in [1.54, 1.807) is 12.1 Å². The van der Waals surface area contributed by atoms with Crippen molar-refractivity contribution in [2.45, 2.75) is 6.92 Å². The minimum absolute atomic E-state index is 0.0514. The van der Waals surface area contributed by atoms with E-state index >= 15 is 0 Å². The normalized spacial score (nSPS) is 15.2. The topological polar surface area (TPSA) is 89.0 Å². The van der Waals surface area contributed by atoms with Crippen LogP contribution in [0.2, 0.25) is 0 Å². The first kappa shape index (κ1) is 17.4. The Morgan fingerprint density at radius 3 is 2.36 bits per heavy atom. The van der Waals surface area contributed by atoms with Gasteiger partial charge in [-0.1, -0.05) is 30.3 Å². The van der Waals surface area contributed by atoms with Crippen molar-refractivity contribution in [1.29, 1.82) is 0 Å². The van der Waals surface area contributed by atoms with E-state index in [2.05, 4.69) is 5.10 Å². The van der Waals surface area contributed by atoms with Gasteiger partial charge in [0.1, 0.15) is 17.2 Å². The molecule has 0 bridgehead atoms. The number of hydrogen-bond acceptors (Lipinski definition) is 5. The molecular weight excluding hydrogens is 358 g/mol. The summed E-state index contributed by atoms with van der Waals surface area (Å²) < 4.78 is 5.58. The number of carbonyl (C=O) groups excluding carboxylic acids is 1. The number of amides is 1. The first-order chi connectivity index (χ1) is 13.5. The molecule has 2 heterocycles. The molecule has 138 valence electrons. The van der Waals surface area contributed by atoms with E-state index in [0.29, 0.717) is 22.7 Å². The van der Waals surface area contributed by atoms with Crippen LogP contribution in [0.1, 0.15) is 17.1 Å². The maximum absolute atomic E-state index is 13.1. The quantitative estimate of drug-likeness (QED) is 0.387. The third-order valence-corrected chi connectivity index (χ3v) is 4.28. The number of benzene rings is 2. The molecule has 1 aromatic heterocycles. The molecule has 0 saturated carbocycles. The SMILES string of the molecule is Cc1ccc(/C=C2/C(=O)N(c3ccc([N+](=O)[O-])cc3)N=C2c2ccccc2)o1. The summed E-state index contributed by atoms with van der Waals surface area (Å²) in [6.07, 6.45) is 1.66. The summed E-state index contributed by atoms with van der Waals surface area (Å²) in [7, 11) is 0. The third kappa shape index (κ3) is 3.21. The van der Waals surface area contributed by atoms with Crippen molar-refractivity contribution in [3.63, 3.8) is 0 Å². The fourth-order valence-corrected chi connectivity index (χ4v) is 2.92. The maximum atomic E-state index is 13.1. The Morgan fingerprint density at radius 1 is 1.04 bits per heavy atom. The highest BCUT2D eigenvalue weighted by Crippen LogP contribution is 2.29. The van der Waals surface area contributed by atoms with Crippen LogP contribution in [0.4, 0.5) is 11.4 Å². The number of aryl methyl sites for hydroxylation is 1. The maximum Gasteiger partial charge on any atom is 0.281 e. The van der Waals surface area contributed by atoms with Gasteiger partial charge in [-0.2, -0.15) is 10.1 Å². The molecule has 2 aromatic carbocycles. The lowest BCUT2D eigenvalue weighted by Crippen LogP contribution is -2.21. The largest absolute Gasteiger partial charge is 0.462 e. The van der Waals surface area contributed by atoms with Crippen LogP contribution in [0.5, 0.6) is 0 Å². The number of anilines is 1. The molecule has 0 unspecified atom stereocenters. The lowest BCUT2D eigenvalue weighted by molar-refractivity contribution is -0.384. The van der Waals surface area contributed by atoms with Crippen molar-refractivity contribution >= 4 is 29.1 Å². The number of hydrogen-bond donors (Lipinski definition) is 0. The molecule has 7 nitrogen and oxygen atoms in total. The number of nitrogens with zero attached hydrogens (tertiary/aromatic N) is 3. The number of carbonyl (C=O) groups is 1. The van der Waals surface area contributed by atoms with Gasteiger partial charge in [0.2, 0.25) is 0 Å². The lowest BCUT2D eigenvalue weighted by Gasteiger charge is -2.10. The summed E-state index contributed by atoms with van der Waals surface area (Å²) in [5.41, 5.74) is 2.08. The number of hydrazone groups is 1. The van der Waals surface area contributed by atoms with Crippen LogP contribution in [-0.2, 0) is 4.79 Å². The Balaban J connectivity index is 1.78. The van der Waals surface area contributed by atoms with Crippen molar-refractivity contribution in [3.05, 3.63) is 99.5 Å². The third-order valence-electron chi connectivity index (χ3n) is 4.28. The highest BCUT2D eigenvalue weighted by molar-refractivity contribution is 6.37. The summed E-state index contributed by atoms with van der Waals surface area (Å²) in [5, 5.41) is 16.6. The number of nitro benzene ring substituents is 1. The van der Waals surface area contributed by atoms with Crippen LogP contribution < -0.4 is 5.01 Å². The second-order valence-electron chi connectivity index (χ2n) is 6.21. The van der Waals surface area contributed by atoms with Crippen molar-refractivity contribution in [3.8, 4) is 0 Å². The van der Waals surface area contributed by atoms with Crippen LogP contribution in [0.3, 0.4) is 0 Å². The van der Waals surface area contributed by atoms with Gasteiger partial charge in [0.25, 0.3) is 11.6 Å². The molecule has 1 aliphatic heterocycles. The summed E-state index contributed by atoms with van der Waals surface area (Å²) >= 11 is 0. The van der Waals surface area contributed by atoms with Gasteiger partial charge in [-0.15, -0.1) is 0 Å². The monoisotopic (exact) mass is 373 g/mol. The molecule has 1 amide bonds. The molecule has 3 aromatic rings. The van der Waals surface area contributed by atoms with Crippen molar-refractivity contribution in [2.75, 3.05) is 5.01 Å². The molecule has 0 N–H and O–H groups in total. The van der Waals surface area contributed by atoms with E-state index in [1.165, 1.54) is 29.3 Å². The van der Waals surface area contributed by atoms with Crippen molar-refractivity contribution in [1.82, 2.24) is 0 Å². The molecule has 0 aliphatic carbocycles. The Hall–Kier alpha value is -4.00. The van der Waals surface area contributed by atoms with Gasteiger partial charge in [-0.05, 0) is 37.3 Å². The zero-order valence-corrected chi connectivity index (χ0v) is 14.9. The smallest absolute Gasteiger partial charge is 0.281 e. The Bertz CT molecular complexity index is 1110. The second-order valence-corrected chi connectivity index (χ2v) is 6.21. The molecule has 0 fully saturated rings. The van der Waals surface area contributed by atoms with Gasteiger partial charge < -0.3 is 4.42 Å². The van der Waals surface area contributed by atoms with E-state index in [1.807, 2.05) is 43.3 Å². The zero-order valence-electron chi connectivity index (χ0n) is 14.9. The standard InChI is InChI=1S/C21H15N3O4/c1-14-7-12-18(28-14)13-19-20(15-5-3-2-4-6-15)22-23(21(19)25)16-8-10-17(11-9-16)24(26)27/h2-13H,1H3/b19-13+. The predicted molar refractivity (Wildman–Crippen MR) is 105 cm³/mol. The molecule has 28 heavy (non-hydrogen) atoms. The fraction of sp³-hybridized carbons (Fsp3) is 0.0476.